The molecule has 4 heteroatoms. The van der Waals surface area contributed by atoms with Gasteiger partial charge in [0.05, 0.1) is 0 Å². The van der Waals surface area contributed by atoms with Crippen LogP contribution < -0.4 is 0 Å². The zero-order valence-electron chi connectivity index (χ0n) is 11.4. The van der Waals surface area contributed by atoms with Gasteiger partial charge in [0.2, 0.25) is 0 Å². The molecule has 1 aromatic heterocycles. The van der Waals surface area contributed by atoms with Crippen molar-refractivity contribution in [1.82, 2.24) is 9.88 Å². The van der Waals surface area contributed by atoms with Gasteiger partial charge in [0.25, 0.3) is 5.91 Å². The molecule has 102 valence electrons. The van der Waals surface area contributed by atoms with Crippen molar-refractivity contribution in [2.24, 2.45) is 0 Å². The van der Waals surface area contributed by atoms with Crippen molar-refractivity contribution in [3.63, 3.8) is 0 Å². The summed E-state index contributed by atoms with van der Waals surface area (Å²) in [7, 11) is 0. The number of nitrogens with zero attached hydrogens (tertiary/aromatic N) is 1. The van der Waals surface area contributed by atoms with Crippen molar-refractivity contribution in [3.05, 3.63) is 35.0 Å². The van der Waals surface area contributed by atoms with Crippen molar-refractivity contribution >= 4 is 28.4 Å². The van der Waals surface area contributed by atoms with Crippen molar-refractivity contribution in [2.45, 2.75) is 26.7 Å². The van der Waals surface area contributed by atoms with Crippen LogP contribution in [-0.2, 0) is 0 Å². The monoisotopic (exact) mass is 278 g/mol. The molecule has 0 saturated heterocycles. The van der Waals surface area contributed by atoms with E-state index in [-0.39, 0.29) is 5.91 Å². The lowest BCUT2D eigenvalue weighted by molar-refractivity contribution is 0.0750. The van der Waals surface area contributed by atoms with E-state index in [4.69, 9.17) is 11.6 Å². The Labute approximate surface area is 118 Å². The average molecular weight is 279 g/mol. The molecule has 1 amide bonds. The number of aromatic amines is 1. The number of nitrogens with one attached hydrogen (secondary N) is 1. The van der Waals surface area contributed by atoms with Crippen LogP contribution in [0.4, 0.5) is 0 Å². The molecule has 1 aromatic carbocycles. The Balaban J connectivity index is 2.29. The first-order valence-corrected chi connectivity index (χ1v) is 7.11. The molecule has 2 rings (SSSR count). The molecule has 0 aliphatic carbocycles. The van der Waals surface area contributed by atoms with Gasteiger partial charge in [-0.2, -0.15) is 0 Å². The molecule has 0 saturated carbocycles. The van der Waals surface area contributed by atoms with Gasteiger partial charge in [0, 0.05) is 29.0 Å². The predicted molar refractivity (Wildman–Crippen MR) is 79.8 cm³/mol. The highest BCUT2D eigenvalue weighted by atomic mass is 35.5. The Hall–Kier alpha value is -1.48. The second-order valence-corrected chi connectivity index (χ2v) is 5.14. The predicted octanol–water partition coefficient (Wildman–Crippen LogP) is 4.08. The van der Waals surface area contributed by atoms with E-state index in [1.165, 1.54) is 0 Å². The largest absolute Gasteiger partial charge is 0.351 e. The van der Waals surface area contributed by atoms with Crippen LogP contribution in [0, 0.1) is 0 Å². The van der Waals surface area contributed by atoms with Crippen LogP contribution in [0.15, 0.2) is 24.3 Å². The maximum atomic E-state index is 12.4. The fraction of sp³-hybridized carbons (Fsp3) is 0.400. The Morgan fingerprint density at radius 2 is 1.89 bits per heavy atom. The van der Waals surface area contributed by atoms with Gasteiger partial charge in [0.15, 0.2) is 0 Å². The van der Waals surface area contributed by atoms with Crippen molar-refractivity contribution in [2.75, 3.05) is 13.1 Å². The number of carbonyl (C=O) groups is 1. The molecule has 0 aliphatic heterocycles. The molecular formula is C15H19ClN2O. The molecule has 0 aliphatic rings. The molecule has 1 N–H and O–H groups in total. The first-order chi connectivity index (χ1) is 9.15. The topological polar surface area (TPSA) is 36.1 Å². The lowest BCUT2D eigenvalue weighted by atomic mass is 10.2. The van der Waals surface area contributed by atoms with E-state index < -0.39 is 0 Å². The Morgan fingerprint density at radius 3 is 2.53 bits per heavy atom. The summed E-state index contributed by atoms with van der Waals surface area (Å²) < 4.78 is 0. The van der Waals surface area contributed by atoms with E-state index in [0.29, 0.717) is 10.7 Å². The van der Waals surface area contributed by atoms with Gasteiger partial charge in [-0.05, 0) is 37.1 Å². The highest BCUT2D eigenvalue weighted by Crippen LogP contribution is 2.21. The second kappa shape index (κ2) is 6.11. The normalized spacial score (nSPS) is 10.9. The number of hydrogen-bond acceptors (Lipinski definition) is 1. The Kier molecular flexibility index (Phi) is 4.48. The molecule has 0 radical (unpaired) electrons. The lowest BCUT2D eigenvalue weighted by Gasteiger charge is -2.20. The SMILES string of the molecule is CCCN(CCC)C(=O)c1cc2cc(Cl)ccc2[nH]1. The number of fused-ring (bicyclic) bond motifs is 1. The van der Waals surface area contributed by atoms with Gasteiger partial charge < -0.3 is 9.88 Å². The smallest absolute Gasteiger partial charge is 0.270 e. The van der Waals surface area contributed by atoms with Crippen molar-refractivity contribution in [3.8, 4) is 0 Å². The third kappa shape index (κ3) is 3.10. The zero-order valence-corrected chi connectivity index (χ0v) is 12.1. The van der Waals surface area contributed by atoms with Crippen LogP contribution >= 0.6 is 11.6 Å². The number of benzene rings is 1. The summed E-state index contributed by atoms with van der Waals surface area (Å²) in [6.07, 6.45) is 1.94. The summed E-state index contributed by atoms with van der Waals surface area (Å²) in [6, 6.07) is 7.47. The fourth-order valence-corrected chi connectivity index (χ4v) is 2.42. The van der Waals surface area contributed by atoms with Crippen LogP contribution in [0.25, 0.3) is 10.9 Å². The minimum absolute atomic E-state index is 0.0658. The third-order valence-electron chi connectivity index (χ3n) is 3.09. The van der Waals surface area contributed by atoms with Gasteiger partial charge in [-0.1, -0.05) is 25.4 Å². The maximum absolute atomic E-state index is 12.4. The molecule has 0 bridgehead atoms. The van der Waals surface area contributed by atoms with Crippen molar-refractivity contribution in [1.29, 1.82) is 0 Å². The minimum Gasteiger partial charge on any atom is -0.351 e. The summed E-state index contributed by atoms with van der Waals surface area (Å²) in [5, 5.41) is 1.66. The minimum atomic E-state index is 0.0658. The van der Waals surface area contributed by atoms with E-state index in [0.717, 1.165) is 36.8 Å². The molecule has 1 heterocycles. The van der Waals surface area contributed by atoms with Crippen LogP contribution in [0.3, 0.4) is 0 Å². The highest BCUT2D eigenvalue weighted by molar-refractivity contribution is 6.31. The van der Waals surface area contributed by atoms with E-state index >= 15 is 0 Å². The molecular weight excluding hydrogens is 260 g/mol. The van der Waals surface area contributed by atoms with Gasteiger partial charge in [-0.25, -0.2) is 0 Å². The Morgan fingerprint density at radius 1 is 1.21 bits per heavy atom. The number of hydrogen-bond donors (Lipinski definition) is 1. The molecule has 3 nitrogen and oxygen atoms in total. The summed E-state index contributed by atoms with van der Waals surface area (Å²) in [5.41, 5.74) is 1.58. The maximum Gasteiger partial charge on any atom is 0.270 e. The highest BCUT2D eigenvalue weighted by Gasteiger charge is 2.16. The molecule has 0 atom stereocenters. The first-order valence-electron chi connectivity index (χ1n) is 6.73. The molecule has 2 aromatic rings. The standard InChI is InChI=1S/C15H19ClN2O/c1-3-7-18(8-4-2)15(19)14-10-11-9-12(16)5-6-13(11)17-14/h5-6,9-10,17H,3-4,7-8H2,1-2H3. The Bertz CT molecular complexity index is 571. The first kappa shape index (κ1) is 13.9. The number of amides is 1. The average Bonchev–Trinajstić information content (AvgIpc) is 2.80. The number of H-pyrrole nitrogens is 1. The summed E-state index contributed by atoms with van der Waals surface area (Å²) in [5.74, 6) is 0.0658. The number of rotatable bonds is 5. The fourth-order valence-electron chi connectivity index (χ4n) is 2.24. The number of carbonyl (C=O) groups excluding carboxylic acids is 1. The second-order valence-electron chi connectivity index (χ2n) is 4.71. The van der Waals surface area contributed by atoms with Gasteiger partial charge in [-0.3, -0.25) is 4.79 Å². The van der Waals surface area contributed by atoms with Crippen LogP contribution in [0.5, 0.6) is 0 Å². The van der Waals surface area contributed by atoms with Gasteiger partial charge >= 0.3 is 0 Å². The number of aromatic nitrogens is 1. The zero-order chi connectivity index (χ0) is 13.8. The summed E-state index contributed by atoms with van der Waals surface area (Å²) in [6.45, 7) is 5.76. The van der Waals surface area contributed by atoms with E-state index in [1.807, 2.05) is 29.2 Å². The molecule has 0 fully saturated rings. The van der Waals surface area contributed by atoms with Gasteiger partial charge in [-0.15, -0.1) is 0 Å². The van der Waals surface area contributed by atoms with Crippen LogP contribution in [-0.4, -0.2) is 28.9 Å². The molecule has 19 heavy (non-hydrogen) atoms. The van der Waals surface area contributed by atoms with Crippen molar-refractivity contribution < 1.29 is 4.79 Å². The van der Waals surface area contributed by atoms with E-state index in [1.54, 1.807) is 0 Å². The third-order valence-corrected chi connectivity index (χ3v) is 3.32. The number of halogens is 1. The van der Waals surface area contributed by atoms with Crippen LogP contribution in [0.2, 0.25) is 5.02 Å². The van der Waals surface area contributed by atoms with E-state index in [2.05, 4.69) is 18.8 Å². The van der Waals surface area contributed by atoms with Crippen LogP contribution in [0.1, 0.15) is 37.2 Å². The molecule has 0 unspecified atom stereocenters. The lowest BCUT2D eigenvalue weighted by Crippen LogP contribution is -2.32. The van der Waals surface area contributed by atoms with Gasteiger partial charge in [0.1, 0.15) is 5.69 Å². The summed E-state index contributed by atoms with van der Waals surface area (Å²) >= 11 is 5.96. The van der Waals surface area contributed by atoms with E-state index in [9.17, 15) is 4.79 Å². The molecule has 0 spiro atoms. The summed E-state index contributed by atoms with van der Waals surface area (Å²) in [4.78, 5) is 17.5. The quantitative estimate of drug-likeness (QED) is 0.879.